The first-order valence-corrected chi connectivity index (χ1v) is 5.57. The molecule has 0 fully saturated rings. The van der Waals surface area contributed by atoms with Gasteiger partial charge < -0.3 is 10.1 Å². The lowest BCUT2D eigenvalue weighted by Crippen LogP contribution is -2.27. The first-order valence-electron chi connectivity index (χ1n) is 5.57. The van der Waals surface area contributed by atoms with Gasteiger partial charge in [0.05, 0.1) is 24.2 Å². The van der Waals surface area contributed by atoms with Crippen molar-refractivity contribution in [1.82, 2.24) is 0 Å². The van der Waals surface area contributed by atoms with E-state index in [4.69, 9.17) is 10.00 Å². The number of amides is 1. The number of ketones is 1. The summed E-state index contributed by atoms with van der Waals surface area (Å²) >= 11 is 0. The van der Waals surface area contributed by atoms with Crippen molar-refractivity contribution in [3.8, 4) is 11.8 Å². The van der Waals surface area contributed by atoms with E-state index in [0.29, 0.717) is 17.0 Å². The second kappa shape index (κ2) is 4.88. The minimum Gasteiger partial charge on any atom is -0.492 e. The van der Waals surface area contributed by atoms with Gasteiger partial charge in [-0.1, -0.05) is 0 Å². The van der Waals surface area contributed by atoms with Gasteiger partial charge in [0.2, 0.25) is 5.91 Å². The molecule has 0 aliphatic carbocycles. The lowest BCUT2D eigenvalue weighted by atomic mass is 9.93. The van der Waals surface area contributed by atoms with Gasteiger partial charge in [-0.2, -0.15) is 5.26 Å². The zero-order valence-electron chi connectivity index (χ0n) is 9.90. The van der Waals surface area contributed by atoms with Crippen LogP contribution in [0.3, 0.4) is 0 Å². The van der Waals surface area contributed by atoms with E-state index in [1.54, 1.807) is 18.2 Å². The summed E-state index contributed by atoms with van der Waals surface area (Å²) in [6.45, 7) is 1.62. The zero-order valence-corrected chi connectivity index (χ0v) is 9.90. The minimum absolute atomic E-state index is 0.0767. The van der Waals surface area contributed by atoms with Crippen LogP contribution >= 0.6 is 0 Å². The summed E-state index contributed by atoms with van der Waals surface area (Å²) in [5, 5.41) is 11.2. The van der Waals surface area contributed by atoms with Crippen LogP contribution in [0.15, 0.2) is 18.2 Å². The average Bonchev–Trinajstić information content (AvgIpc) is 2.32. The van der Waals surface area contributed by atoms with E-state index < -0.39 is 5.92 Å². The SMILES string of the molecule is CC(=O)Nc1ccc2c(c1)OCC(CC#N)C2=O. The van der Waals surface area contributed by atoms with E-state index in [1.807, 2.05) is 6.07 Å². The molecule has 1 atom stereocenters. The third-order valence-electron chi connectivity index (χ3n) is 2.72. The molecule has 92 valence electrons. The van der Waals surface area contributed by atoms with E-state index in [1.165, 1.54) is 6.92 Å². The molecule has 0 bridgehead atoms. The highest BCUT2D eigenvalue weighted by atomic mass is 16.5. The molecule has 0 radical (unpaired) electrons. The molecule has 1 N–H and O–H groups in total. The molecule has 0 saturated heterocycles. The molecule has 1 unspecified atom stereocenters. The molecule has 1 aromatic carbocycles. The Kier molecular flexibility index (Phi) is 3.28. The molecular formula is C13H12N2O3. The third kappa shape index (κ3) is 2.33. The van der Waals surface area contributed by atoms with E-state index in [2.05, 4.69) is 5.32 Å². The van der Waals surface area contributed by atoms with Gasteiger partial charge in [-0.3, -0.25) is 9.59 Å². The summed E-state index contributed by atoms with van der Waals surface area (Å²) in [7, 11) is 0. The number of carbonyl (C=O) groups is 2. The summed E-state index contributed by atoms with van der Waals surface area (Å²) in [6.07, 6.45) is 0.158. The number of fused-ring (bicyclic) bond motifs is 1. The minimum atomic E-state index is -0.394. The molecule has 5 nitrogen and oxygen atoms in total. The summed E-state index contributed by atoms with van der Waals surface area (Å²) < 4.78 is 5.46. The first kappa shape index (κ1) is 12.1. The number of hydrogen-bond acceptors (Lipinski definition) is 4. The number of Topliss-reactive ketones (excluding diaryl/α,β-unsaturated/α-hetero) is 1. The van der Waals surface area contributed by atoms with Crippen molar-refractivity contribution in [3.63, 3.8) is 0 Å². The van der Waals surface area contributed by atoms with E-state index in [-0.39, 0.29) is 24.7 Å². The van der Waals surface area contributed by atoms with Gasteiger partial charge in [-0.15, -0.1) is 0 Å². The lowest BCUT2D eigenvalue weighted by Gasteiger charge is -2.22. The molecule has 1 amide bonds. The number of anilines is 1. The van der Waals surface area contributed by atoms with Gasteiger partial charge in [0, 0.05) is 25.1 Å². The smallest absolute Gasteiger partial charge is 0.221 e. The van der Waals surface area contributed by atoms with Gasteiger partial charge in [0.15, 0.2) is 5.78 Å². The molecule has 18 heavy (non-hydrogen) atoms. The topological polar surface area (TPSA) is 79.2 Å². The van der Waals surface area contributed by atoms with Crippen molar-refractivity contribution in [1.29, 1.82) is 5.26 Å². The van der Waals surface area contributed by atoms with Crippen molar-refractivity contribution < 1.29 is 14.3 Å². The van der Waals surface area contributed by atoms with Crippen molar-refractivity contribution in [3.05, 3.63) is 23.8 Å². The predicted octanol–water partition coefficient (Wildman–Crippen LogP) is 1.75. The quantitative estimate of drug-likeness (QED) is 0.859. The van der Waals surface area contributed by atoms with Crippen LogP contribution in [0.1, 0.15) is 23.7 Å². The van der Waals surface area contributed by atoms with Crippen molar-refractivity contribution in [2.24, 2.45) is 5.92 Å². The molecule has 1 aliphatic heterocycles. The van der Waals surface area contributed by atoms with Gasteiger partial charge >= 0.3 is 0 Å². The van der Waals surface area contributed by atoms with Crippen LogP contribution in [0.5, 0.6) is 5.75 Å². The van der Waals surface area contributed by atoms with Crippen molar-refractivity contribution in [2.75, 3.05) is 11.9 Å². The number of carbonyl (C=O) groups excluding carboxylic acids is 2. The van der Waals surface area contributed by atoms with Crippen LogP contribution in [-0.2, 0) is 4.79 Å². The maximum atomic E-state index is 12.0. The summed E-state index contributed by atoms with van der Waals surface area (Å²) in [6, 6.07) is 6.87. The van der Waals surface area contributed by atoms with Gasteiger partial charge in [0.1, 0.15) is 5.75 Å². The second-order valence-electron chi connectivity index (χ2n) is 4.13. The molecule has 1 aliphatic rings. The largest absolute Gasteiger partial charge is 0.492 e. The number of nitriles is 1. The van der Waals surface area contributed by atoms with Crippen LogP contribution in [0, 0.1) is 17.2 Å². The lowest BCUT2D eigenvalue weighted by molar-refractivity contribution is -0.114. The maximum Gasteiger partial charge on any atom is 0.221 e. The van der Waals surface area contributed by atoms with E-state index in [0.717, 1.165) is 0 Å². The van der Waals surface area contributed by atoms with Crippen LogP contribution < -0.4 is 10.1 Å². The zero-order chi connectivity index (χ0) is 13.1. The van der Waals surface area contributed by atoms with E-state index >= 15 is 0 Å². The molecule has 2 rings (SSSR count). The Hall–Kier alpha value is -2.35. The Morgan fingerprint density at radius 2 is 2.39 bits per heavy atom. The van der Waals surface area contributed by atoms with Gasteiger partial charge in [-0.05, 0) is 12.1 Å². The van der Waals surface area contributed by atoms with E-state index in [9.17, 15) is 9.59 Å². The number of benzene rings is 1. The Balaban J connectivity index is 2.27. The Labute approximate surface area is 104 Å². The van der Waals surface area contributed by atoms with Crippen molar-refractivity contribution >= 4 is 17.4 Å². The Bertz CT molecular complexity index is 546. The standard InChI is InChI=1S/C13H12N2O3/c1-8(16)15-10-2-3-11-12(6-10)18-7-9(4-5-14)13(11)17/h2-3,6,9H,4,7H2,1H3,(H,15,16). The number of ether oxygens (including phenoxy) is 1. The first-order chi connectivity index (χ1) is 8.61. The molecule has 1 heterocycles. The highest BCUT2D eigenvalue weighted by Crippen LogP contribution is 2.31. The summed E-state index contributed by atoms with van der Waals surface area (Å²) in [5.74, 6) is -0.193. The number of nitrogens with one attached hydrogen (secondary N) is 1. The van der Waals surface area contributed by atoms with Crippen LogP contribution in [0.2, 0.25) is 0 Å². The van der Waals surface area contributed by atoms with Crippen LogP contribution in [0.25, 0.3) is 0 Å². The fourth-order valence-electron chi connectivity index (χ4n) is 1.87. The third-order valence-corrected chi connectivity index (χ3v) is 2.72. The van der Waals surface area contributed by atoms with Crippen LogP contribution in [-0.4, -0.2) is 18.3 Å². The maximum absolute atomic E-state index is 12.0. The summed E-state index contributed by atoms with van der Waals surface area (Å²) in [4.78, 5) is 22.9. The fourth-order valence-corrected chi connectivity index (χ4v) is 1.87. The second-order valence-corrected chi connectivity index (χ2v) is 4.13. The fraction of sp³-hybridized carbons (Fsp3) is 0.308. The van der Waals surface area contributed by atoms with Crippen LogP contribution in [0.4, 0.5) is 5.69 Å². The predicted molar refractivity (Wildman–Crippen MR) is 64.3 cm³/mol. The molecular weight excluding hydrogens is 232 g/mol. The average molecular weight is 244 g/mol. The molecule has 0 saturated carbocycles. The summed E-state index contributed by atoms with van der Waals surface area (Å²) in [5.41, 5.74) is 1.06. The molecule has 0 aromatic heterocycles. The van der Waals surface area contributed by atoms with Crippen molar-refractivity contribution in [2.45, 2.75) is 13.3 Å². The van der Waals surface area contributed by atoms with Gasteiger partial charge in [0.25, 0.3) is 0 Å². The Morgan fingerprint density at radius 3 is 3.06 bits per heavy atom. The number of hydrogen-bond donors (Lipinski definition) is 1. The highest BCUT2D eigenvalue weighted by molar-refractivity contribution is 6.02. The monoisotopic (exact) mass is 244 g/mol. The number of nitrogens with zero attached hydrogens (tertiary/aromatic N) is 1. The molecule has 1 aromatic rings. The number of rotatable bonds is 2. The highest BCUT2D eigenvalue weighted by Gasteiger charge is 2.28. The molecule has 5 heteroatoms. The normalized spacial score (nSPS) is 17.3. The van der Waals surface area contributed by atoms with Gasteiger partial charge in [-0.25, -0.2) is 0 Å². The Morgan fingerprint density at radius 1 is 1.61 bits per heavy atom. The molecule has 0 spiro atoms.